The summed E-state index contributed by atoms with van der Waals surface area (Å²) in [5, 5.41) is 13.9. The average Bonchev–Trinajstić information content (AvgIpc) is 2.63. The van der Waals surface area contributed by atoms with Crippen LogP contribution in [0.3, 0.4) is 0 Å². The highest BCUT2D eigenvalue weighted by Crippen LogP contribution is 2.09. The molecule has 17 heavy (non-hydrogen) atoms. The third-order valence-corrected chi connectivity index (χ3v) is 2.63. The normalized spacial score (nSPS) is 21.1. The number of carboxylic acids is 1. The molecule has 0 saturated carbocycles. The summed E-state index contributed by atoms with van der Waals surface area (Å²) in [6.45, 7) is 3.78. The topological polar surface area (TPSA) is 95.5 Å². The van der Waals surface area contributed by atoms with Crippen LogP contribution >= 0.6 is 0 Å². The predicted molar refractivity (Wildman–Crippen MR) is 60.2 cm³/mol. The lowest BCUT2D eigenvalue weighted by atomic mass is 10.0. The lowest BCUT2D eigenvalue weighted by Crippen LogP contribution is -2.49. The molecule has 1 rings (SSSR count). The second kappa shape index (κ2) is 5.65. The Morgan fingerprint density at radius 1 is 1.53 bits per heavy atom. The molecule has 1 saturated heterocycles. The van der Waals surface area contributed by atoms with Crippen molar-refractivity contribution in [1.29, 1.82) is 0 Å². The molecule has 2 amide bonds. The fourth-order valence-corrected chi connectivity index (χ4v) is 1.78. The molecule has 1 aliphatic rings. The molecule has 1 fully saturated rings. The molecule has 96 valence electrons. The third kappa shape index (κ3) is 4.05. The molecular formula is C11H18N2O4. The first-order valence-electron chi connectivity index (χ1n) is 5.72. The van der Waals surface area contributed by atoms with Crippen molar-refractivity contribution in [3.8, 4) is 0 Å². The van der Waals surface area contributed by atoms with Crippen molar-refractivity contribution in [2.24, 2.45) is 5.92 Å². The Labute approximate surface area is 99.8 Å². The van der Waals surface area contributed by atoms with E-state index >= 15 is 0 Å². The monoisotopic (exact) mass is 242 g/mol. The summed E-state index contributed by atoms with van der Waals surface area (Å²) in [6, 6.07) is -1.48. The zero-order chi connectivity index (χ0) is 13.0. The van der Waals surface area contributed by atoms with Crippen LogP contribution < -0.4 is 10.6 Å². The molecule has 0 bridgehead atoms. The number of nitrogens with one attached hydrogen (secondary N) is 2. The number of amides is 2. The van der Waals surface area contributed by atoms with E-state index in [2.05, 4.69) is 10.6 Å². The van der Waals surface area contributed by atoms with Gasteiger partial charge in [-0.05, 0) is 18.8 Å². The molecule has 1 heterocycles. The first-order chi connectivity index (χ1) is 7.90. The standard InChI is InChI=1S/C11H18N2O4/c1-6(2)5-8(11(16)17)13-10(15)7-3-4-9(14)12-7/h6-8H,3-5H2,1-2H3,(H,12,14)(H,13,15)(H,16,17)/t7?,8-/m1/s1. The second-order valence-corrected chi connectivity index (χ2v) is 4.69. The van der Waals surface area contributed by atoms with Crippen molar-refractivity contribution < 1.29 is 19.5 Å². The van der Waals surface area contributed by atoms with Crippen molar-refractivity contribution >= 4 is 17.8 Å². The van der Waals surface area contributed by atoms with Gasteiger partial charge in [-0.3, -0.25) is 9.59 Å². The smallest absolute Gasteiger partial charge is 0.326 e. The fourth-order valence-electron chi connectivity index (χ4n) is 1.78. The van der Waals surface area contributed by atoms with E-state index in [1.54, 1.807) is 0 Å². The zero-order valence-electron chi connectivity index (χ0n) is 10.0. The van der Waals surface area contributed by atoms with Gasteiger partial charge in [0.25, 0.3) is 0 Å². The van der Waals surface area contributed by atoms with Gasteiger partial charge in [0.15, 0.2) is 0 Å². The van der Waals surface area contributed by atoms with E-state index in [9.17, 15) is 14.4 Å². The molecule has 0 spiro atoms. The number of carbonyl (C=O) groups excluding carboxylic acids is 2. The largest absolute Gasteiger partial charge is 0.480 e. The van der Waals surface area contributed by atoms with Crippen molar-refractivity contribution in [2.45, 2.75) is 45.2 Å². The van der Waals surface area contributed by atoms with Gasteiger partial charge in [-0.25, -0.2) is 4.79 Å². The van der Waals surface area contributed by atoms with Crippen LogP contribution in [0, 0.1) is 5.92 Å². The van der Waals surface area contributed by atoms with Gasteiger partial charge in [-0.1, -0.05) is 13.8 Å². The first-order valence-corrected chi connectivity index (χ1v) is 5.72. The molecule has 0 aliphatic carbocycles. The van der Waals surface area contributed by atoms with Crippen LogP contribution in [-0.2, 0) is 14.4 Å². The zero-order valence-corrected chi connectivity index (χ0v) is 10.0. The van der Waals surface area contributed by atoms with Gasteiger partial charge >= 0.3 is 5.97 Å². The van der Waals surface area contributed by atoms with Crippen molar-refractivity contribution in [3.05, 3.63) is 0 Å². The number of hydrogen-bond donors (Lipinski definition) is 3. The number of carbonyl (C=O) groups is 3. The maximum absolute atomic E-state index is 11.7. The maximum Gasteiger partial charge on any atom is 0.326 e. The molecule has 0 aromatic carbocycles. The highest BCUT2D eigenvalue weighted by Gasteiger charge is 2.30. The number of aliphatic carboxylic acids is 1. The van der Waals surface area contributed by atoms with Gasteiger partial charge in [0.2, 0.25) is 11.8 Å². The van der Waals surface area contributed by atoms with E-state index in [0.29, 0.717) is 19.3 Å². The highest BCUT2D eigenvalue weighted by atomic mass is 16.4. The van der Waals surface area contributed by atoms with Gasteiger partial charge < -0.3 is 15.7 Å². The van der Waals surface area contributed by atoms with E-state index in [4.69, 9.17) is 5.11 Å². The second-order valence-electron chi connectivity index (χ2n) is 4.69. The quantitative estimate of drug-likeness (QED) is 0.626. The van der Waals surface area contributed by atoms with Crippen LogP contribution in [-0.4, -0.2) is 35.0 Å². The molecular weight excluding hydrogens is 224 g/mol. The van der Waals surface area contributed by atoms with Gasteiger partial charge in [-0.15, -0.1) is 0 Å². The first kappa shape index (κ1) is 13.5. The summed E-state index contributed by atoms with van der Waals surface area (Å²) in [7, 11) is 0. The van der Waals surface area contributed by atoms with Crippen molar-refractivity contribution in [2.75, 3.05) is 0 Å². The molecule has 2 atom stereocenters. The molecule has 0 aromatic heterocycles. The van der Waals surface area contributed by atoms with Gasteiger partial charge in [0.1, 0.15) is 12.1 Å². The Balaban J connectivity index is 2.52. The molecule has 1 aliphatic heterocycles. The molecule has 6 heteroatoms. The molecule has 0 radical (unpaired) electrons. The van der Waals surface area contributed by atoms with Crippen molar-refractivity contribution in [1.82, 2.24) is 10.6 Å². The van der Waals surface area contributed by atoms with E-state index in [1.807, 2.05) is 13.8 Å². The maximum atomic E-state index is 11.7. The Morgan fingerprint density at radius 3 is 2.59 bits per heavy atom. The Kier molecular flexibility index (Phi) is 4.48. The van der Waals surface area contributed by atoms with Crippen LogP contribution in [0.5, 0.6) is 0 Å². The minimum absolute atomic E-state index is 0.166. The summed E-state index contributed by atoms with van der Waals surface area (Å²) >= 11 is 0. The number of hydrogen-bond acceptors (Lipinski definition) is 3. The molecule has 6 nitrogen and oxygen atoms in total. The minimum Gasteiger partial charge on any atom is -0.480 e. The van der Waals surface area contributed by atoms with Gasteiger partial charge in [0.05, 0.1) is 0 Å². The summed E-state index contributed by atoms with van der Waals surface area (Å²) < 4.78 is 0. The summed E-state index contributed by atoms with van der Waals surface area (Å²) in [4.78, 5) is 33.6. The summed E-state index contributed by atoms with van der Waals surface area (Å²) in [6.07, 6.45) is 1.13. The van der Waals surface area contributed by atoms with Crippen LogP contribution in [0.2, 0.25) is 0 Å². The van der Waals surface area contributed by atoms with Crippen LogP contribution in [0.1, 0.15) is 33.1 Å². The number of carboxylic acid groups (broad SMARTS) is 1. The van der Waals surface area contributed by atoms with Crippen LogP contribution in [0.15, 0.2) is 0 Å². The Morgan fingerprint density at radius 2 is 2.18 bits per heavy atom. The third-order valence-electron chi connectivity index (χ3n) is 2.63. The van der Waals surface area contributed by atoms with E-state index < -0.39 is 24.0 Å². The lowest BCUT2D eigenvalue weighted by molar-refractivity contribution is -0.142. The van der Waals surface area contributed by atoms with Crippen LogP contribution in [0.4, 0.5) is 0 Å². The fraction of sp³-hybridized carbons (Fsp3) is 0.727. The van der Waals surface area contributed by atoms with E-state index in [-0.39, 0.29) is 11.8 Å². The Hall–Kier alpha value is -1.59. The molecule has 1 unspecified atom stereocenters. The average molecular weight is 242 g/mol. The van der Waals surface area contributed by atoms with E-state index in [1.165, 1.54) is 0 Å². The lowest BCUT2D eigenvalue weighted by Gasteiger charge is -2.18. The van der Waals surface area contributed by atoms with Crippen LogP contribution in [0.25, 0.3) is 0 Å². The predicted octanol–water partition coefficient (Wildman–Crippen LogP) is -0.119. The van der Waals surface area contributed by atoms with Gasteiger partial charge in [0, 0.05) is 6.42 Å². The van der Waals surface area contributed by atoms with E-state index in [0.717, 1.165) is 0 Å². The number of rotatable bonds is 5. The summed E-state index contributed by atoms with van der Waals surface area (Å²) in [5.74, 6) is -1.45. The minimum atomic E-state index is -1.05. The SMILES string of the molecule is CC(C)C[C@@H](NC(=O)C1CCC(=O)N1)C(=O)O. The Bertz CT molecular complexity index is 327. The molecule has 3 N–H and O–H groups in total. The van der Waals surface area contributed by atoms with Gasteiger partial charge in [-0.2, -0.15) is 0 Å². The summed E-state index contributed by atoms with van der Waals surface area (Å²) in [5.41, 5.74) is 0. The highest BCUT2D eigenvalue weighted by molar-refractivity contribution is 5.92. The van der Waals surface area contributed by atoms with Crippen molar-refractivity contribution in [3.63, 3.8) is 0 Å². The molecule has 0 aromatic rings.